The molecule has 2 aromatic heterocycles. The molecular formula is C10H10N4O3S. The SMILES string of the molecule is COC(=O)c1ccc(NCc2csc(=O)[nH]2)nn1. The minimum atomic E-state index is -0.531. The van der Waals surface area contributed by atoms with Crippen molar-refractivity contribution in [3.8, 4) is 0 Å². The summed E-state index contributed by atoms with van der Waals surface area (Å²) in [6.07, 6.45) is 0. The fourth-order valence-electron chi connectivity index (χ4n) is 1.23. The Balaban J connectivity index is 1.98. The lowest BCUT2D eigenvalue weighted by Gasteiger charge is -2.03. The molecule has 0 saturated carbocycles. The highest BCUT2D eigenvalue weighted by Crippen LogP contribution is 2.05. The molecule has 2 rings (SSSR count). The molecule has 18 heavy (non-hydrogen) atoms. The number of carbonyl (C=O) groups is 1. The summed E-state index contributed by atoms with van der Waals surface area (Å²) in [5, 5.41) is 12.2. The van der Waals surface area contributed by atoms with Gasteiger partial charge in [0.25, 0.3) is 0 Å². The van der Waals surface area contributed by atoms with E-state index in [4.69, 9.17) is 0 Å². The third kappa shape index (κ3) is 2.92. The predicted octanol–water partition coefficient (Wildman–Crippen LogP) is 0.625. The van der Waals surface area contributed by atoms with Crippen LogP contribution in [-0.2, 0) is 11.3 Å². The van der Waals surface area contributed by atoms with Gasteiger partial charge < -0.3 is 15.0 Å². The van der Waals surface area contributed by atoms with Crippen LogP contribution in [0.15, 0.2) is 22.3 Å². The summed E-state index contributed by atoms with van der Waals surface area (Å²) >= 11 is 1.10. The number of nitrogens with zero attached hydrogens (tertiary/aromatic N) is 2. The first-order valence-electron chi connectivity index (χ1n) is 5.01. The Labute approximate surface area is 106 Å². The highest BCUT2D eigenvalue weighted by molar-refractivity contribution is 7.07. The highest BCUT2D eigenvalue weighted by atomic mass is 32.1. The van der Waals surface area contributed by atoms with Crippen LogP contribution in [0.2, 0.25) is 0 Å². The van der Waals surface area contributed by atoms with Crippen molar-refractivity contribution in [2.75, 3.05) is 12.4 Å². The summed E-state index contributed by atoms with van der Waals surface area (Å²) in [5.74, 6) is -0.0223. The van der Waals surface area contributed by atoms with Gasteiger partial charge in [-0.05, 0) is 12.1 Å². The average Bonchev–Trinajstić information content (AvgIpc) is 2.82. The number of ether oxygens (including phenoxy) is 1. The van der Waals surface area contributed by atoms with E-state index in [1.54, 1.807) is 11.4 Å². The van der Waals surface area contributed by atoms with E-state index in [-0.39, 0.29) is 10.6 Å². The van der Waals surface area contributed by atoms with Gasteiger partial charge in [0.15, 0.2) is 5.69 Å². The number of hydrogen-bond acceptors (Lipinski definition) is 7. The van der Waals surface area contributed by atoms with Gasteiger partial charge in [0.1, 0.15) is 5.82 Å². The maximum atomic E-state index is 11.1. The van der Waals surface area contributed by atoms with Crippen LogP contribution in [0.4, 0.5) is 5.82 Å². The topological polar surface area (TPSA) is 97.0 Å². The van der Waals surface area contributed by atoms with Gasteiger partial charge in [-0.1, -0.05) is 11.3 Å². The standard InChI is InChI=1S/C10H10N4O3S/c1-17-9(15)7-2-3-8(14-13-7)11-4-6-5-18-10(16)12-6/h2-3,5H,4H2,1H3,(H,11,14)(H,12,16). The first kappa shape index (κ1) is 12.2. The van der Waals surface area contributed by atoms with Crippen molar-refractivity contribution in [2.45, 2.75) is 6.54 Å². The van der Waals surface area contributed by atoms with Gasteiger partial charge >= 0.3 is 10.8 Å². The van der Waals surface area contributed by atoms with E-state index in [1.165, 1.54) is 13.2 Å². The van der Waals surface area contributed by atoms with Crippen molar-refractivity contribution in [3.05, 3.63) is 38.6 Å². The van der Waals surface area contributed by atoms with Gasteiger partial charge in [0.2, 0.25) is 0 Å². The molecular weight excluding hydrogens is 256 g/mol. The number of anilines is 1. The summed E-state index contributed by atoms with van der Waals surface area (Å²) < 4.78 is 4.51. The van der Waals surface area contributed by atoms with E-state index in [0.29, 0.717) is 12.4 Å². The van der Waals surface area contributed by atoms with E-state index in [1.807, 2.05) is 0 Å². The Morgan fingerprint density at radius 3 is 2.89 bits per heavy atom. The molecule has 0 aliphatic carbocycles. The molecule has 0 atom stereocenters. The third-order valence-corrected chi connectivity index (χ3v) is 2.81. The number of rotatable bonds is 4. The molecule has 2 N–H and O–H groups in total. The maximum absolute atomic E-state index is 11.1. The second kappa shape index (κ2) is 5.41. The summed E-state index contributed by atoms with van der Waals surface area (Å²) in [4.78, 5) is 24.6. The van der Waals surface area contributed by atoms with Crippen molar-refractivity contribution in [3.63, 3.8) is 0 Å². The molecule has 0 fully saturated rings. The second-order valence-corrected chi connectivity index (χ2v) is 4.16. The fourth-order valence-corrected chi connectivity index (χ4v) is 1.81. The van der Waals surface area contributed by atoms with Gasteiger partial charge in [-0.3, -0.25) is 4.79 Å². The first-order valence-corrected chi connectivity index (χ1v) is 5.89. The molecule has 0 unspecified atom stereocenters. The van der Waals surface area contributed by atoms with Gasteiger partial charge in [0.05, 0.1) is 13.7 Å². The van der Waals surface area contributed by atoms with Crippen LogP contribution in [0.1, 0.15) is 16.2 Å². The van der Waals surface area contributed by atoms with Crippen molar-refractivity contribution in [2.24, 2.45) is 0 Å². The number of methoxy groups -OCH3 is 1. The van der Waals surface area contributed by atoms with E-state index in [9.17, 15) is 9.59 Å². The molecule has 2 heterocycles. The molecule has 0 aliphatic heterocycles. The molecule has 7 nitrogen and oxygen atoms in total. The first-order chi connectivity index (χ1) is 8.69. The number of aromatic nitrogens is 3. The van der Waals surface area contributed by atoms with E-state index in [2.05, 4.69) is 25.2 Å². The van der Waals surface area contributed by atoms with E-state index in [0.717, 1.165) is 17.0 Å². The number of nitrogens with one attached hydrogen (secondary N) is 2. The van der Waals surface area contributed by atoms with Crippen LogP contribution in [-0.4, -0.2) is 28.3 Å². The lowest BCUT2D eigenvalue weighted by atomic mass is 10.4. The average molecular weight is 266 g/mol. The monoisotopic (exact) mass is 266 g/mol. The zero-order valence-electron chi connectivity index (χ0n) is 9.47. The summed E-state index contributed by atoms with van der Waals surface area (Å²) in [6.45, 7) is 0.436. The van der Waals surface area contributed by atoms with Crippen molar-refractivity contribution < 1.29 is 9.53 Å². The number of aromatic amines is 1. The minimum Gasteiger partial charge on any atom is -0.464 e. The molecule has 0 saturated heterocycles. The Morgan fingerprint density at radius 2 is 2.33 bits per heavy atom. The van der Waals surface area contributed by atoms with Crippen molar-refractivity contribution in [1.82, 2.24) is 15.2 Å². The lowest BCUT2D eigenvalue weighted by molar-refractivity contribution is 0.0593. The molecule has 0 aromatic carbocycles. The number of carbonyl (C=O) groups excluding carboxylic acids is 1. The largest absolute Gasteiger partial charge is 0.464 e. The molecule has 2 aromatic rings. The zero-order chi connectivity index (χ0) is 13.0. The van der Waals surface area contributed by atoms with Crippen LogP contribution < -0.4 is 10.2 Å². The van der Waals surface area contributed by atoms with Crippen LogP contribution in [0, 0.1) is 0 Å². The predicted molar refractivity (Wildman–Crippen MR) is 65.6 cm³/mol. The highest BCUT2D eigenvalue weighted by Gasteiger charge is 2.07. The third-order valence-electron chi connectivity index (χ3n) is 2.09. The summed E-state index contributed by atoms with van der Waals surface area (Å²) in [5.41, 5.74) is 0.913. The van der Waals surface area contributed by atoms with Crippen molar-refractivity contribution >= 4 is 23.1 Å². The van der Waals surface area contributed by atoms with Crippen LogP contribution >= 0.6 is 11.3 Å². The Hall–Kier alpha value is -2.22. The van der Waals surface area contributed by atoms with E-state index >= 15 is 0 Å². The molecule has 8 heteroatoms. The smallest absolute Gasteiger partial charge is 0.358 e. The van der Waals surface area contributed by atoms with Crippen molar-refractivity contribution in [1.29, 1.82) is 0 Å². The van der Waals surface area contributed by atoms with Crippen LogP contribution in [0.5, 0.6) is 0 Å². The van der Waals surface area contributed by atoms with Crippen LogP contribution in [0.25, 0.3) is 0 Å². The molecule has 0 spiro atoms. The quantitative estimate of drug-likeness (QED) is 0.788. The Morgan fingerprint density at radius 1 is 1.50 bits per heavy atom. The fraction of sp³-hybridized carbons (Fsp3) is 0.200. The maximum Gasteiger partial charge on any atom is 0.358 e. The van der Waals surface area contributed by atoms with Gasteiger partial charge in [-0.25, -0.2) is 4.79 Å². The Bertz CT molecular complexity index is 590. The number of thiazole rings is 1. The van der Waals surface area contributed by atoms with Gasteiger partial charge in [0, 0.05) is 11.1 Å². The summed E-state index contributed by atoms with van der Waals surface area (Å²) in [6, 6.07) is 3.13. The van der Waals surface area contributed by atoms with Gasteiger partial charge in [-0.2, -0.15) is 0 Å². The lowest BCUT2D eigenvalue weighted by Crippen LogP contribution is -2.08. The van der Waals surface area contributed by atoms with E-state index < -0.39 is 5.97 Å². The second-order valence-electron chi connectivity index (χ2n) is 3.32. The molecule has 94 valence electrons. The Kier molecular flexibility index (Phi) is 3.68. The van der Waals surface area contributed by atoms with Gasteiger partial charge in [-0.15, -0.1) is 10.2 Å². The molecule has 0 aliphatic rings. The minimum absolute atomic E-state index is 0.0982. The van der Waals surface area contributed by atoms with Crippen LogP contribution in [0.3, 0.4) is 0 Å². The molecule has 0 bridgehead atoms. The zero-order valence-corrected chi connectivity index (χ0v) is 10.3. The number of H-pyrrole nitrogens is 1. The normalized spacial score (nSPS) is 10.1. The molecule has 0 radical (unpaired) electrons. The summed E-state index contributed by atoms with van der Waals surface area (Å²) in [7, 11) is 1.28. The number of esters is 1. The number of hydrogen-bond donors (Lipinski definition) is 2. The molecule has 0 amide bonds.